The molecule has 2 heteroatoms. The van der Waals surface area contributed by atoms with Crippen LogP contribution in [0.3, 0.4) is 0 Å². The van der Waals surface area contributed by atoms with Gasteiger partial charge >= 0.3 is 0 Å². The Morgan fingerprint density at radius 2 is 0.880 bits per heavy atom. The van der Waals surface area contributed by atoms with E-state index in [0.29, 0.717) is 0 Å². The van der Waals surface area contributed by atoms with E-state index in [2.05, 4.69) is 267 Å². The van der Waals surface area contributed by atoms with Crippen LogP contribution in [0.15, 0.2) is 277 Å². The van der Waals surface area contributed by atoms with E-state index in [1.807, 2.05) is 0 Å². The van der Waals surface area contributed by atoms with Crippen molar-refractivity contribution in [2.45, 2.75) is 17.8 Å². The SMILES string of the molecule is C=C(/C=C\C1=C(C)C2(c3ccccc31)c1ccccc1-c1ccccc12)N(c1ccc2c(c1)C1(c3ccccc3-c3ccccc31)c1ccccc1-2)c1cc2c(oc3cccc(-c4ccccc4)c32)c2ccccc12. The zero-order valence-electron chi connectivity index (χ0n) is 41.3. The first-order valence-electron chi connectivity index (χ1n) is 26.1. The van der Waals surface area contributed by atoms with Gasteiger partial charge in [0.15, 0.2) is 0 Å². The molecule has 2 spiro atoms. The molecule has 12 aromatic rings. The van der Waals surface area contributed by atoms with Crippen LogP contribution in [-0.4, -0.2) is 0 Å². The quantitative estimate of drug-likeness (QED) is 0.154. The highest BCUT2D eigenvalue weighted by molar-refractivity contribution is 6.22. The molecular weight excluding hydrogens is 907 g/mol. The van der Waals surface area contributed by atoms with Crippen LogP contribution in [0.25, 0.3) is 82.8 Å². The molecular formula is C73H47NO. The summed E-state index contributed by atoms with van der Waals surface area (Å²) in [5.74, 6) is 0. The van der Waals surface area contributed by atoms with E-state index < -0.39 is 10.8 Å². The largest absolute Gasteiger partial charge is 0.455 e. The maximum Gasteiger partial charge on any atom is 0.143 e. The molecule has 1 aromatic heterocycles. The number of benzene rings is 11. The van der Waals surface area contributed by atoms with Crippen LogP contribution in [0.1, 0.15) is 51.4 Å². The molecule has 0 saturated heterocycles. The maximum atomic E-state index is 6.95. The van der Waals surface area contributed by atoms with Crippen molar-refractivity contribution in [2.24, 2.45) is 0 Å². The molecule has 0 unspecified atom stereocenters. The predicted molar refractivity (Wildman–Crippen MR) is 311 cm³/mol. The molecule has 1 heterocycles. The fourth-order valence-corrected chi connectivity index (χ4v) is 14.4. The molecule has 0 amide bonds. The second-order valence-corrected chi connectivity index (χ2v) is 20.7. The van der Waals surface area contributed by atoms with Crippen LogP contribution in [0.4, 0.5) is 11.4 Å². The van der Waals surface area contributed by atoms with Crippen LogP contribution in [0.5, 0.6) is 0 Å². The molecule has 4 aliphatic carbocycles. The van der Waals surface area contributed by atoms with E-state index in [1.165, 1.54) is 89.0 Å². The molecule has 0 aliphatic heterocycles. The Labute approximate surface area is 436 Å². The van der Waals surface area contributed by atoms with Crippen molar-refractivity contribution in [1.29, 1.82) is 0 Å². The molecule has 11 aromatic carbocycles. The highest BCUT2D eigenvalue weighted by Crippen LogP contribution is 2.64. The van der Waals surface area contributed by atoms with Gasteiger partial charge in [-0.2, -0.15) is 0 Å². The molecule has 4 aliphatic rings. The van der Waals surface area contributed by atoms with Crippen molar-refractivity contribution in [3.8, 4) is 44.5 Å². The van der Waals surface area contributed by atoms with Crippen molar-refractivity contribution in [3.63, 3.8) is 0 Å². The van der Waals surface area contributed by atoms with Gasteiger partial charge in [0.25, 0.3) is 0 Å². The first kappa shape index (κ1) is 42.1. The summed E-state index contributed by atoms with van der Waals surface area (Å²) >= 11 is 0. The Hall–Kier alpha value is -9.50. The lowest BCUT2D eigenvalue weighted by Crippen LogP contribution is -2.26. The minimum Gasteiger partial charge on any atom is -0.455 e. The average Bonchev–Trinajstić information content (AvgIpc) is 4.31. The molecule has 350 valence electrons. The van der Waals surface area contributed by atoms with Crippen LogP contribution < -0.4 is 4.90 Å². The first-order valence-corrected chi connectivity index (χ1v) is 26.1. The van der Waals surface area contributed by atoms with Gasteiger partial charge in [-0.05, 0) is 137 Å². The van der Waals surface area contributed by atoms with Crippen LogP contribution >= 0.6 is 0 Å². The third-order valence-corrected chi connectivity index (χ3v) is 17.3. The normalized spacial score (nSPS) is 14.6. The Morgan fingerprint density at radius 1 is 0.413 bits per heavy atom. The zero-order valence-corrected chi connectivity index (χ0v) is 41.3. The number of anilines is 2. The van der Waals surface area contributed by atoms with Gasteiger partial charge in [-0.3, -0.25) is 0 Å². The molecule has 2 nitrogen and oxygen atoms in total. The maximum absolute atomic E-state index is 6.95. The molecule has 0 atom stereocenters. The number of rotatable bonds is 6. The number of nitrogens with zero attached hydrogens (tertiary/aromatic N) is 1. The summed E-state index contributed by atoms with van der Waals surface area (Å²) in [5, 5.41) is 4.29. The zero-order chi connectivity index (χ0) is 49.6. The Kier molecular flexibility index (Phi) is 8.70. The molecule has 0 saturated carbocycles. The summed E-state index contributed by atoms with van der Waals surface area (Å²) in [7, 11) is 0. The summed E-state index contributed by atoms with van der Waals surface area (Å²) < 4.78 is 6.95. The molecule has 0 fully saturated rings. The minimum atomic E-state index is -0.521. The summed E-state index contributed by atoms with van der Waals surface area (Å²) in [6, 6.07) is 89.6. The summed E-state index contributed by atoms with van der Waals surface area (Å²) in [4.78, 5) is 2.42. The lowest BCUT2D eigenvalue weighted by molar-refractivity contribution is 0.673. The van der Waals surface area contributed by atoms with Crippen LogP contribution in [-0.2, 0) is 10.8 Å². The molecule has 75 heavy (non-hydrogen) atoms. The molecule has 0 radical (unpaired) electrons. The third-order valence-electron chi connectivity index (χ3n) is 17.3. The summed E-state index contributed by atoms with van der Waals surface area (Å²) in [6.07, 6.45) is 4.61. The van der Waals surface area contributed by atoms with Crippen LogP contribution in [0.2, 0.25) is 0 Å². The van der Waals surface area contributed by atoms with E-state index in [1.54, 1.807) is 0 Å². The minimum absolute atomic E-state index is 0.415. The van der Waals surface area contributed by atoms with Crippen molar-refractivity contribution >= 4 is 49.7 Å². The second-order valence-electron chi connectivity index (χ2n) is 20.7. The lowest BCUT2D eigenvalue weighted by atomic mass is 9.70. The number of fused-ring (bicyclic) bond motifs is 22. The number of hydrogen-bond acceptors (Lipinski definition) is 2. The van der Waals surface area contributed by atoms with E-state index >= 15 is 0 Å². The van der Waals surface area contributed by atoms with E-state index in [0.717, 1.165) is 60.9 Å². The van der Waals surface area contributed by atoms with E-state index in [4.69, 9.17) is 11.0 Å². The molecule has 16 rings (SSSR count). The standard InChI is InChI=1S/C73H47NO/c1-45(39-41-49-46(2)72(61-32-14-8-23-51(49)61)62-33-15-9-24-52(62)53-25-10-16-34-63(53)72)74(68-44-60-70-50(47-21-4-3-5-22-47)31-20-38-69(70)75-71(60)59-30-7-6-29-58(59)68)48-40-42-57-56-28-13-19-37-66(56)73(67(57)43-48)64-35-17-11-26-54(64)55-27-12-18-36-65(55)73/h3-44H,1H2,2H3/b41-39-. The van der Waals surface area contributed by atoms with Gasteiger partial charge in [-0.25, -0.2) is 0 Å². The fraction of sp³-hybridized carbons (Fsp3) is 0.0411. The topological polar surface area (TPSA) is 16.4 Å². The van der Waals surface area contributed by atoms with Gasteiger partial charge in [-0.1, -0.05) is 231 Å². The van der Waals surface area contributed by atoms with Gasteiger partial charge < -0.3 is 9.32 Å². The number of hydrogen-bond donors (Lipinski definition) is 0. The Morgan fingerprint density at radius 3 is 1.47 bits per heavy atom. The first-order chi connectivity index (χ1) is 37.1. The number of furan rings is 1. The smallest absolute Gasteiger partial charge is 0.143 e. The van der Waals surface area contributed by atoms with Crippen molar-refractivity contribution in [2.75, 3.05) is 4.90 Å². The highest BCUT2D eigenvalue weighted by atomic mass is 16.3. The number of allylic oxidation sites excluding steroid dienone is 4. The fourth-order valence-electron chi connectivity index (χ4n) is 14.4. The van der Waals surface area contributed by atoms with E-state index in [-0.39, 0.29) is 0 Å². The van der Waals surface area contributed by atoms with Crippen molar-refractivity contribution in [1.82, 2.24) is 0 Å². The summed E-state index contributed by atoms with van der Waals surface area (Å²) in [5.41, 5.74) is 26.7. The lowest BCUT2D eigenvalue weighted by Gasteiger charge is -2.32. The Bertz CT molecular complexity index is 4410. The van der Waals surface area contributed by atoms with Gasteiger partial charge in [0.2, 0.25) is 0 Å². The van der Waals surface area contributed by atoms with Gasteiger partial charge in [-0.15, -0.1) is 0 Å². The van der Waals surface area contributed by atoms with E-state index in [9.17, 15) is 0 Å². The predicted octanol–water partition coefficient (Wildman–Crippen LogP) is 18.8. The van der Waals surface area contributed by atoms with Gasteiger partial charge in [0, 0.05) is 32.9 Å². The van der Waals surface area contributed by atoms with Crippen LogP contribution in [0, 0.1) is 0 Å². The summed E-state index contributed by atoms with van der Waals surface area (Å²) in [6.45, 7) is 7.45. The van der Waals surface area contributed by atoms with Gasteiger partial charge in [0.05, 0.1) is 16.5 Å². The van der Waals surface area contributed by atoms with Gasteiger partial charge in [0.1, 0.15) is 11.2 Å². The third kappa shape index (κ3) is 5.43. The second kappa shape index (κ2) is 15.5. The van der Waals surface area contributed by atoms with Crippen molar-refractivity contribution in [3.05, 3.63) is 317 Å². The monoisotopic (exact) mass is 953 g/mol. The average molecular weight is 954 g/mol. The molecule has 0 bridgehead atoms. The Balaban J connectivity index is 0.958. The highest BCUT2D eigenvalue weighted by Gasteiger charge is 2.53. The molecule has 0 N–H and O–H groups in total. The van der Waals surface area contributed by atoms with Crippen molar-refractivity contribution < 1.29 is 4.42 Å².